The van der Waals surface area contributed by atoms with Crippen molar-refractivity contribution in [2.24, 2.45) is 5.92 Å². The summed E-state index contributed by atoms with van der Waals surface area (Å²) in [6.07, 6.45) is 5.76. The molecule has 6 heteroatoms. The first-order chi connectivity index (χ1) is 14.5. The van der Waals surface area contributed by atoms with Gasteiger partial charge in [-0.1, -0.05) is 19.1 Å². The van der Waals surface area contributed by atoms with E-state index in [4.69, 9.17) is 9.47 Å². The van der Waals surface area contributed by atoms with E-state index in [1.807, 2.05) is 19.1 Å². The molecule has 2 fully saturated rings. The Morgan fingerprint density at radius 3 is 2.67 bits per heavy atom. The van der Waals surface area contributed by atoms with E-state index in [0.29, 0.717) is 18.2 Å². The largest absolute Gasteiger partial charge is 0.489 e. The molecular formula is C24H31N3O3. The molecule has 2 atom stereocenters. The van der Waals surface area contributed by atoms with Crippen LogP contribution in [0.25, 0.3) is 0 Å². The third-order valence-electron chi connectivity index (χ3n) is 5.95. The molecule has 1 aliphatic heterocycles. The first-order valence-electron chi connectivity index (χ1n) is 10.9. The van der Waals surface area contributed by atoms with Crippen molar-refractivity contribution in [3.63, 3.8) is 0 Å². The molecule has 0 radical (unpaired) electrons. The standard InChI is InChI=1S/C24H31N3O3/c1-16(12-17(2)28)20-6-8-21(9-7-20)30-22-10-11-27(13-22)23-18(3)24(26-15-25-23)29-14-19-4-5-19/h6-9,15-16,19,22H,4-5,10-14H2,1-3H3/t16-,22-/m1/s1. The Bertz CT molecular complexity index is 880. The SMILES string of the molecule is CC(=O)C[C@@H](C)c1ccc(O[C@@H]2CCN(c3ncnc(OCC4CC4)c3C)C2)cc1. The average Bonchev–Trinajstić information content (AvgIpc) is 3.44. The highest BCUT2D eigenvalue weighted by Crippen LogP contribution is 2.32. The maximum Gasteiger partial charge on any atom is 0.221 e. The van der Waals surface area contributed by atoms with Crippen molar-refractivity contribution >= 4 is 11.6 Å². The van der Waals surface area contributed by atoms with Crippen molar-refractivity contribution in [3.8, 4) is 11.6 Å². The number of aromatic nitrogens is 2. The van der Waals surface area contributed by atoms with Gasteiger partial charge in [0.15, 0.2) is 0 Å². The summed E-state index contributed by atoms with van der Waals surface area (Å²) >= 11 is 0. The Labute approximate surface area is 178 Å². The number of nitrogens with zero attached hydrogens (tertiary/aromatic N) is 3. The highest BCUT2D eigenvalue weighted by molar-refractivity contribution is 5.76. The smallest absolute Gasteiger partial charge is 0.221 e. The molecule has 1 saturated heterocycles. The number of anilines is 1. The van der Waals surface area contributed by atoms with Crippen LogP contribution in [0.4, 0.5) is 5.82 Å². The number of Topliss-reactive ketones (excluding diaryl/α,β-unsaturated/α-hetero) is 1. The topological polar surface area (TPSA) is 64.5 Å². The highest BCUT2D eigenvalue weighted by atomic mass is 16.5. The molecule has 6 nitrogen and oxygen atoms in total. The number of carbonyl (C=O) groups excluding carboxylic acids is 1. The van der Waals surface area contributed by atoms with Crippen molar-refractivity contribution < 1.29 is 14.3 Å². The molecule has 30 heavy (non-hydrogen) atoms. The summed E-state index contributed by atoms with van der Waals surface area (Å²) in [6, 6.07) is 8.14. The molecule has 0 bridgehead atoms. The molecular weight excluding hydrogens is 378 g/mol. The minimum absolute atomic E-state index is 0.121. The number of benzene rings is 1. The van der Waals surface area contributed by atoms with Crippen LogP contribution in [0.15, 0.2) is 30.6 Å². The molecule has 0 amide bonds. The Hall–Kier alpha value is -2.63. The van der Waals surface area contributed by atoms with Crippen molar-refractivity contribution in [2.75, 3.05) is 24.6 Å². The van der Waals surface area contributed by atoms with Crippen LogP contribution >= 0.6 is 0 Å². The summed E-state index contributed by atoms with van der Waals surface area (Å²) in [5.74, 6) is 3.66. The van der Waals surface area contributed by atoms with Gasteiger partial charge in [-0.25, -0.2) is 9.97 Å². The lowest BCUT2D eigenvalue weighted by Crippen LogP contribution is -2.26. The van der Waals surface area contributed by atoms with E-state index in [1.165, 1.54) is 18.4 Å². The molecule has 160 valence electrons. The van der Waals surface area contributed by atoms with E-state index in [9.17, 15) is 4.79 Å². The molecule has 4 rings (SSSR count). The van der Waals surface area contributed by atoms with E-state index < -0.39 is 0 Å². The van der Waals surface area contributed by atoms with Gasteiger partial charge >= 0.3 is 0 Å². The molecule has 2 aromatic rings. The summed E-state index contributed by atoms with van der Waals surface area (Å²) in [4.78, 5) is 22.4. The molecule has 0 spiro atoms. The molecule has 0 unspecified atom stereocenters. The molecule has 2 aliphatic rings. The molecule has 1 aromatic carbocycles. The zero-order chi connectivity index (χ0) is 21.1. The van der Waals surface area contributed by atoms with Gasteiger partial charge in [0, 0.05) is 19.4 Å². The first-order valence-corrected chi connectivity index (χ1v) is 10.9. The van der Waals surface area contributed by atoms with Crippen LogP contribution in [0.5, 0.6) is 11.6 Å². The second kappa shape index (κ2) is 9.02. The third kappa shape index (κ3) is 5.10. The van der Waals surface area contributed by atoms with Crippen molar-refractivity contribution in [2.45, 2.75) is 58.5 Å². The zero-order valence-electron chi connectivity index (χ0n) is 18.1. The van der Waals surface area contributed by atoms with Crippen LogP contribution < -0.4 is 14.4 Å². The van der Waals surface area contributed by atoms with Gasteiger partial charge < -0.3 is 19.2 Å². The predicted molar refractivity (Wildman–Crippen MR) is 116 cm³/mol. The van der Waals surface area contributed by atoms with E-state index in [1.54, 1.807) is 13.3 Å². The minimum Gasteiger partial charge on any atom is -0.489 e. The molecule has 1 aromatic heterocycles. The highest BCUT2D eigenvalue weighted by Gasteiger charge is 2.28. The minimum atomic E-state index is 0.121. The lowest BCUT2D eigenvalue weighted by Gasteiger charge is -2.21. The second-order valence-electron chi connectivity index (χ2n) is 8.73. The Morgan fingerprint density at radius 1 is 1.20 bits per heavy atom. The number of rotatable bonds is 9. The number of ketones is 1. The fraction of sp³-hybridized carbons (Fsp3) is 0.542. The predicted octanol–water partition coefficient (Wildman–Crippen LogP) is 4.31. The lowest BCUT2D eigenvalue weighted by atomic mass is 9.96. The van der Waals surface area contributed by atoms with Crippen LogP contribution in [-0.4, -0.2) is 41.6 Å². The third-order valence-corrected chi connectivity index (χ3v) is 5.95. The maximum absolute atomic E-state index is 11.3. The summed E-state index contributed by atoms with van der Waals surface area (Å²) in [6.45, 7) is 8.21. The van der Waals surface area contributed by atoms with Crippen molar-refractivity contribution in [1.82, 2.24) is 9.97 Å². The lowest BCUT2D eigenvalue weighted by molar-refractivity contribution is -0.117. The quantitative estimate of drug-likeness (QED) is 0.615. The molecule has 1 aliphatic carbocycles. The number of hydrogen-bond donors (Lipinski definition) is 0. The van der Waals surface area contributed by atoms with Gasteiger partial charge in [0.05, 0.1) is 18.7 Å². The number of carbonyl (C=O) groups is 1. The van der Waals surface area contributed by atoms with Crippen molar-refractivity contribution in [1.29, 1.82) is 0 Å². The normalized spacial score (nSPS) is 19.6. The first kappa shape index (κ1) is 20.6. The zero-order valence-corrected chi connectivity index (χ0v) is 18.1. The van der Waals surface area contributed by atoms with Gasteiger partial charge in [0.25, 0.3) is 0 Å². The summed E-state index contributed by atoms with van der Waals surface area (Å²) in [5.41, 5.74) is 2.17. The van der Waals surface area contributed by atoms with E-state index in [2.05, 4.69) is 33.9 Å². The van der Waals surface area contributed by atoms with Crippen molar-refractivity contribution in [3.05, 3.63) is 41.7 Å². The Morgan fingerprint density at radius 2 is 1.97 bits per heavy atom. The van der Waals surface area contributed by atoms with Gasteiger partial charge in [-0.2, -0.15) is 0 Å². The average molecular weight is 410 g/mol. The van der Waals surface area contributed by atoms with Crippen LogP contribution in [-0.2, 0) is 4.79 Å². The Kier molecular flexibility index (Phi) is 6.21. The Balaban J connectivity index is 1.34. The fourth-order valence-electron chi connectivity index (χ4n) is 4.00. The molecule has 2 heterocycles. The summed E-state index contributed by atoms with van der Waals surface area (Å²) < 4.78 is 12.1. The second-order valence-corrected chi connectivity index (χ2v) is 8.73. The van der Waals surface area contributed by atoms with E-state index in [-0.39, 0.29) is 17.8 Å². The van der Waals surface area contributed by atoms with Gasteiger partial charge in [-0.3, -0.25) is 0 Å². The summed E-state index contributed by atoms with van der Waals surface area (Å²) in [5, 5.41) is 0. The molecule has 1 saturated carbocycles. The molecule has 0 N–H and O–H groups in total. The monoisotopic (exact) mass is 409 g/mol. The van der Waals surface area contributed by atoms with E-state index >= 15 is 0 Å². The van der Waals surface area contributed by atoms with Gasteiger partial charge in [-0.15, -0.1) is 0 Å². The number of hydrogen-bond acceptors (Lipinski definition) is 6. The van der Waals surface area contributed by atoms with Gasteiger partial charge in [0.1, 0.15) is 29.8 Å². The van der Waals surface area contributed by atoms with Gasteiger partial charge in [-0.05, 0) is 56.2 Å². The number of ether oxygens (including phenoxy) is 2. The van der Waals surface area contributed by atoms with E-state index in [0.717, 1.165) is 43.2 Å². The van der Waals surface area contributed by atoms with Crippen LogP contribution in [0.3, 0.4) is 0 Å². The van der Waals surface area contributed by atoms with Crippen LogP contribution in [0.1, 0.15) is 56.6 Å². The van der Waals surface area contributed by atoms with Crippen LogP contribution in [0.2, 0.25) is 0 Å². The maximum atomic E-state index is 11.3. The van der Waals surface area contributed by atoms with Gasteiger partial charge in [0.2, 0.25) is 5.88 Å². The fourth-order valence-corrected chi connectivity index (χ4v) is 4.00. The summed E-state index contributed by atoms with van der Waals surface area (Å²) in [7, 11) is 0. The van der Waals surface area contributed by atoms with Crippen LogP contribution in [0, 0.1) is 12.8 Å².